The molecule has 0 aliphatic rings. The predicted molar refractivity (Wildman–Crippen MR) is 35.3 cm³/mol. The molecule has 0 aliphatic heterocycles. The molecule has 1 rings (SSSR count). The van der Waals surface area contributed by atoms with Gasteiger partial charge in [0, 0.05) is 0 Å². The van der Waals surface area contributed by atoms with Gasteiger partial charge >= 0.3 is 6.30 Å². The fourth-order valence-corrected chi connectivity index (χ4v) is 1.16. The SMILES string of the molecule is CSc1ccnn1C(F)(F)F. The number of rotatable bonds is 1. The molecule has 0 spiro atoms. The van der Waals surface area contributed by atoms with Gasteiger partial charge in [0.05, 0.1) is 6.20 Å². The second-order valence-electron chi connectivity index (χ2n) is 1.75. The monoisotopic (exact) mass is 182 g/mol. The average Bonchev–Trinajstić information content (AvgIpc) is 2.31. The molecule has 6 heteroatoms. The first-order valence-electron chi connectivity index (χ1n) is 2.71. The first-order valence-corrected chi connectivity index (χ1v) is 3.93. The van der Waals surface area contributed by atoms with Gasteiger partial charge in [0.2, 0.25) is 0 Å². The van der Waals surface area contributed by atoms with Crippen LogP contribution in [0.3, 0.4) is 0 Å². The van der Waals surface area contributed by atoms with Gasteiger partial charge in [-0.1, -0.05) is 0 Å². The smallest absolute Gasteiger partial charge is 0.173 e. The minimum absolute atomic E-state index is 0.0394. The summed E-state index contributed by atoms with van der Waals surface area (Å²) in [6.45, 7) is 0. The molecule has 1 aromatic rings. The molecule has 1 aromatic heterocycles. The van der Waals surface area contributed by atoms with Crippen molar-refractivity contribution in [2.24, 2.45) is 0 Å². The summed E-state index contributed by atoms with van der Waals surface area (Å²) in [7, 11) is 0. The van der Waals surface area contributed by atoms with E-state index in [1.165, 1.54) is 6.07 Å². The molecular weight excluding hydrogens is 177 g/mol. The van der Waals surface area contributed by atoms with Crippen molar-refractivity contribution in [3.05, 3.63) is 12.3 Å². The third-order valence-corrected chi connectivity index (χ3v) is 1.78. The van der Waals surface area contributed by atoms with Crippen LogP contribution in [-0.2, 0) is 6.30 Å². The van der Waals surface area contributed by atoms with Crippen molar-refractivity contribution in [1.29, 1.82) is 0 Å². The van der Waals surface area contributed by atoms with Crippen LogP contribution in [0.25, 0.3) is 0 Å². The molecule has 0 atom stereocenters. The standard InChI is InChI=1S/C5H5F3N2S/c1-11-4-2-3-9-10(4)5(6,7)8/h2-3H,1H3. The zero-order valence-electron chi connectivity index (χ0n) is 5.59. The lowest BCUT2D eigenvalue weighted by atomic mass is 10.7. The van der Waals surface area contributed by atoms with Crippen LogP contribution < -0.4 is 0 Å². The summed E-state index contributed by atoms with van der Waals surface area (Å²) in [5, 5.41) is 3.22. The molecule has 1 heterocycles. The maximum absolute atomic E-state index is 12.0. The van der Waals surface area contributed by atoms with Crippen molar-refractivity contribution in [2.45, 2.75) is 11.3 Å². The molecule has 2 nitrogen and oxygen atoms in total. The topological polar surface area (TPSA) is 17.8 Å². The maximum Gasteiger partial charge on any atom is 0.505 e. The van der Waals surface area contributed by atoms with Crippen LogP contribution >= 0.6 is 11.8 Å². The number of halogens is 3. The molecule has 0 radical (unpaired) electrons. The van der Waals surface area contributed by atoms with Gasteiger partial charge in [0.1, 0.15) is 5.03 Å². The average molecular weight is 182 g/mol. The van der Waals surface area contributed by atoms with E-state index in [1.54, 1.807) is 6.26 Å². The van der Waals surface area contributed by atoms with Crippen molar-refractivity contribution in [3.63, 3.8) is 0 Å². The molecule has 0 amide bonds. The highest BCUT2D eigenvalue weighted by molar-refractivity contribution is 7.98. The van der Waals surface area contributed by atoms with E-state index < -0.39 is 6.30 Å². The summed E-state index contributed by atoms with van der Waals surface area (Å²) in [6, 6.07) is 1.32. The Morgan fingerprint density at radius 2 is 2.18 bits per heavy atom. The van der Waals surface area contributed by atoms with E-state index >= 15 is 0 Å². The minimum atomic E-state index is -4.40. The normalized spacial score (nSPS) is 12.0. The molecule has 0 saturated heterocycles. The summed E-state index contributed by atoms with van der Waals surface area (Å²) < 4.78 is 35.9. The van der Waals surface area contributed by atoms with Crippen LogP contribution in [0, 0.1) is 0 Å². The molecule has 11 heavy (non-hydrogen) atoms. The molecule has 0 bridgehead atoms. The fourth-order valence-electron chi connectivity index (χ4n) is 0.636. The maximum atomic E-state index is 12.0. The fraction of sp³-hybridized carbons (Fsp3) is 0.400. The Morgan fingerprint density at radius 3 is 2.55 bits per heavy atom. The van der Waals surface area contributed by atoms with Gasteiger partial charge in [-0.2, -0.15) is 9.78 Å². The summed E-state index contributed by atoms with van der Waals surface area (Å²) >= 11 is 1.01. The predicted octanol–water partition coefficient (Wildman–Crippen LogP) is 2.08. The lowest BCUT2D eigenvalue weighted by Crippen LogP contribution is -2.18. The summed E-state index contributed by atoms with van der Waals surface area (Å²) in [6.07, 6.45) is -1.71. The molecule has 0 aromatic carbocycles. The van der Waals surface area contributed by atoms with Gasteiger partial charge in [0.15, 0.2) is 0 Å². The minimum Gasteiger partial charge on any atom is -0.173 e. The van der Waals surface area contributed by atoms with Gasteiger partial charge < -0.3 is 0 Å². The van der Waals surface area contributed by atoms with Crippen molar-refractivity contribution < 1.29 is 13.2 Å². The lowest BCUT2D eigenvalue weighted by Gasteiger charge is -2.07. The first kappa shape index (κ1) is 8.45. The van der Waals surface area contributed by atoms with Crippen LogP contribution in [0.15, 0.2) is 17.3 Å². The highest BCUT2D eigenvalue weighted by Gasteiger charge is 2.33. The van der Waals surface area contributed by atoms with Crippen molar-refractivity contribution in [2.75, 3.05) is 6.26 Å². The van der Waals surface area contributed by atoms with Gasteiger partial charge in [-0.25, -0.2) is 0 Å². The number of thioether (sulfide) groups is 1. The number of nitrogens with zero attached hydrogens (tertiary/aromatic N) is 2. The Morgan fingerprint density at radius 1 is 1.55 bits per heavy atom. The van der Waals surface area contributed by atoms with E-state index in [0.717, 1.165) is 18.0 Å². The molecule has 0 unspecified atom stereocenters. The Balaban J connectivity index is 3.02. The van der Waals surface area contributed by atoms with Gasteiger partial charge in [0.25, 0.3) is 0 Å². The van der Waals surface area contributed by atoms with Crippen LogP contribution in [-0.4, -0.2) is 16.0 Å². The summed E-state index contributed by atoms with van der Waals surface area (Å²) in [5.41, 5.74) is 0. The molecule has 0 saturated carbocycles. The van der Waals surface area contributed by atoms with Gasteiger partial charge in [-0.15, -0.1) is 24.9 Å². The van der Waals surface area contributed by atoms with E-state index in [0.29, 0.717) is 0 Å². The lowest BCUT2D eigenvalue weighted by molar-refractivity contribution is -0.217. The zero-order valence-corrected chi connectivity index (χ0v) is 6.41. The third kappa shape index (κ3) is 1.68. The van der Waals surface area contributed by atoms with Crippen LogP contribution in [0.2, 0.25) is 0 Å². The van der Waals surface area contributed by atoms with E-state index in [2.05, 4.69) is 5.10 Å². The van der Waals surface area contributed by atoms with Crippen LogP contribution in [0.5, 0.6) is 0 Å². The zero-order chi connectivity index (χ0) is 8.48. The molecule has 62 valence electrons. The molecular formula is C5H5F3N2S. The number of alkyl halides is 3. The first-order chi connectivity index (χ1) is 5.05. The number of hydrogen-bond acceptors (Lipinski definition) is 2. The van der Waals surface area contributed by atoms with E-state index in [4.69, 9.17) is 0 Å². The number of hydrogen-bond donors (Lipinski definition) is 0. The van der Waals surface area contributed by atoms with Crippen molar-refractivity contribution in [1.82, 2.24) is 9.78 Å². The Bertz CT molecular complexity index is 242. The second kappa shape index (κ2) is 2.77. The molecule has 0 fully saturated rings. The largest absolute Gasteiger partial charge is 0.505 e. The Hall–Kier alpha value is -0.650. The summed E-state index contributed by atoms with van der Waals surface area (Å²) in [5.74, 6) is 0. The molecule has 0 aliphatic carbocycles. The second-order valence-corrected chi connectivity index (χ2v) is 2.58. The van der Waals surface area contributed by atoms with Gasteiger partial charge in [-0.05, 0) is 12.3 Å². The number of aromatic nitrogens is 2. The Labute approximate surface area is 65.4 Å². The highest BCUT2D eigenvalue weighted by Crippen LogP contribution is 2.26. The third-order valence-electron chi connectivity index (χ3n) is 1.06. The van der Waals surface area contributed by atoms with Crippen LogP contribution in [0.1, 0.15) is 0 Å². The van der Waals surface area contributed by atoms with Crippen molar-refractivity contribution in [3.8, 4) is 0 Å². The quantitative estimate of drug-likeness (QED) is 0.619. The Kier molecular flexibility index (Phi) is 2.12. The van der Waals surface area contributed by atoms with Crippen molar-refractivity contribution >= 4 is 11.8 Å². The van der Waals surface area contributed by atoms with E-state index in [-0.39, 0.29) is 9.71 Å². The van der Waals surface area contributed by atoms with E-state index in [9.17, 15) is 13.2 Å². The highest BCUT2D eigenvalue weighted by atomic mass is 32.2. The van der Waals surface area contributed by atoms with Crippen LogP contribution in [0.4, 0.5) is 13.2 Å². The molecule has 0 N–H and O–H groups in total. The van der Waals surface area contributed by atoms with Gasteiger partial charge in [-0.3, -0.25) is 0 Å². The summed E-state index contributed by atoms with van der Waals surface area (Å²) in [4.78, 5) is 0. The van der Waals surface area contributed by atoms with E-state index in [1.807, 2.05) is 0 Å².